The van der Waals surface area contributed by atoms with Crippen LogP contribution in [0.5, 0.6) is 0 Å². The van der Waals surface area contributed by atoms with E-state index in [0.717, 1.165) is 19.5 Å². The predicted octanol–water partition coefficient (Wildman–Crippen LogP) is 4.40. The fourth-order valence-electron chi connectivity index (χ4n) is 1.89. The van der Waals surface area contributed by atoms with E-state index in [4.69, 9.17) is 0 Å². The van der Waals surface area contributed by atoms with Crippen molar-refractivity contribution < 1.29 is 4.92 Å². The van der Waals surface area contributed by atoms with Gasteiger partial charge in [-0.15, -0.1) is 11.3 Å². The molecule has 0 aliphatic heterocycles. The van der Waals surface area contributed by atoms with E-state index in [-0.39, 0.29) is 10.6 Å². The van der Waals surface area contributed by atoms with E-state index < -0.39 is 0 Å². The molecule has 0 amide bonds. The van der Waals surface area contributed by atoms with Crippen LogP contribution in [0, 0.1) is 10.1 Å². The number of para-hydroxylation sites is 1. The number of benzene rings is 2. The van der Waals surface area contributed by atoms with Crippen LogP contribution in [0.2, 0.25) is 0 Å². The summed E-state index contributed by atoms with van der Waals surface area (Å²) in [6.07, 6.45) is 0. The van der Waals surface area contributed by atoms with Crippen LogP contribution in [0.25, 0.3) is 10.2 Å². The molecule has 5 nitrogen and oxygen atoms in total. The largest absolute Gasteiger partial charge is 0.388 e. The molecule has 0 aliphatic carbocycles. The lowest BCUT2D eigenvalue weighted by Gasteiger charge is -2.03. The van der Waals surface area contributed by atoms with Crippen molar-refractivity contribution in [2.24, 2.45) is 0 Å². The fraction of sp³-hybridized carbons (Fsp3) is 0.0714. The molecular weight excluding hydrogens is 306 g/mol. The molecular formula is C14H11N3O2S2. The number of nitrogens with zero attached hydrogens (tertiary/aromatic N) is 2. The number of hydrogen-bond donors (Lipinski definition) is 1. The topological polar surface area (TPSA) is 68.1 Å². The van der Waals surface area contributed by atoms with Crippen molar-refractivity contribution >= 4 is 44.7 Å². The molecule has 0 unspecified atom stereocenters. The van der Waals surface area contributed by atoms with Crippen molar-refractivity contribution in [3.8, 4) is 0 Å². The SMILES string of the molecule is CNc1cc(Sc2nc3ccccc3s2)cc([N+](=O)[O-])c1. The Morgan fingerprint density at radius 3 is 2.81 bits per heavy atom. The molecule has 0 saturated heterocycles. The first-order valence-corrected chi connectivity index (χ1v) is 7.79. The Hall–Kier alpha value is -2.12. The summed E-state index contributed by atoms with van der Waals surface area (Å²) in [5, 5.41) is 13.9. The monoisotopic (exact) mass is 317 g/mol. The molecule has 106 valence electrons. The standard InChI is InChI=1S/C14H11N3O2S2/c1-15-9-6-10(17(18)19)8-11(7-9)20-14-16-12-4-2-3-5-13(12)21-14/h2-8,15H,1H3. The maximum atomic E-state index is 11.0. The Morgan fingerprint density at radius 1 is 1.29 bits per heavy atom. The van der Waals surface area contributed by atoms with E-state index in [0.29, 0.717) is 5.69 Å². The number of non-ortho nitro benzene ring substituents is 1. The number of hydrogen-bond acceptors (Lipinski definition) is 6. The number of aromatic nitrogens is 1. The first-order chi connectivity index (χ1) is 10.2. The van der Waals surface area contributed by atoms with Crippen molar-refractivity contribution in [3.05, 3.63) is 52.6 Å². The van der Waals surface area contributed by atoms with Crippen molar-refractivity contribution in [1.29, 1.82) is 0 Å². The van der Waals surface area contributed by atoms with Crippen LogP contribution in [0.1, 0.15) is 0 Å². The molecule has 0 radical (unpaired) electrons. The Morgan fingerprint density at radius 2 is 2.10 bits per heavy atom. The number of fused-ring (bicyclic) bond motifs is 1. The molecule has 1 N–H and O–H groups in total. The highest BCUT2D eigenvalue weighted by Crippen LogP contribution is 2.36. The van der Waals surface area contributed by atoms with Crippen molar-refractivity contribution in [3.63, 3.8) is 0 Å². The van der Waals surface area contributed by atoms with E-state index in [2.05, 4.69) is 10.3 Å². The Kier molecular flexibility index (Phi) is 3.76. The van der Waals surface area contributed by atoms with Crippen LogP contribution in [0.3, 0.4) is 0 Å². The van der Waals surface area contributed by atoms with Gasteiger partial charge in [0.1, 0.15) is 0 Å². The molecule has 1 aromatic heterocycles. The maximum Gasteiger partial charge on any atom is 0.272 e. The van der Waals surface area contributed by atoms with Gasteiger partial charge in [-0.25, -0.2) is 4.98 Å². The predicted molar refractivity (Wildman–Crippen MR) is 86.4 cm³/mol. The Labute approximate surface area is 129 Å². The molecule has 7 heteroatoms. The minimum Gasteiger partial charge on any atom is -0.388 e. The molecule has 2 aromatic carbocycles. The van der Waals surface area contributed by atoms with Crippen LogP contribution in [0.4, 0.5) is 11.4 Å². The highest BCUT2D eigenvalue weighted by molar-refractivity contribution is 8.01. The molecule has 3 aromatic rings. The maximum absolute atomic E-state index is 11.0. The van der Waals surface area contributed by atoms with Crippen LogP contribution in [-0.2, 0) is 0 Å². The normalized spacial score (nSPS) is 10.7. The van der Waals surface area contributed by atoms with Gasteiger partial charge in [0, 0.05) is 29.8 Å². The summed E-state index contributed by atoms with van der Waals surface area (Å²) in [7, 11) is 1.74. The Balaban J connectivity index is 1.96. The van der Waals surface area contributed by atoms with Crippen molar-refractivity contribution in [2.75, 3.05) is 12.4 Å². The number of nitro benzene ring substituents is 1. The summed E-state index contributed by atoms with van der Waals surface area (Å²) in [4.78, 5) is 15.9. The van der Waals surface area contributed by atoms with Gasteiger partial charge in [0.15, 0.2) is 4.34 Å². The Bertz CT molecular complexity index is 784. The molecule has 0 atom stereocenters. The van der Waals surface area contributed by atoms with Crippen LogP contribution < -0.4 is 5.32 Å². The molecule has 21 heavy (non-hydrogen) atoms. The zero-order chi connectivity index (χ0) is 14.8. The third-order valence-electron chi connectivity index (χ3n) is 2.87. The molecule has 0 bridgehead atoms. The zero-order valence-electron chi connectivity index (χ0n) is 11.1. The van der Waals surface area contributed by atoms with Gasteiger partial charge >= 0.3 is 0 Å². The molecule has 1 heterocycles. The summed E-state index contributed by atoms with van der Waals surface area (Å²) in [5.74, 6) is 0. The van der Waals surface area contributed by atoms with Crippen LogP contribution >= 0.6 is 23.1 Å². The summed E-state index contributed by atoms with van der Waals surface area (Å²) in [5.41, 5.74) is 1.74. The third kappa shape index (κ3) is 2.98. The minimum absolute atomic E-state index is 0.0745. The lowest BCUT2D eigenvalue weighted by Crippen LogP contribution is -1.93. The summed E-state index contributed by atoms with van der Waals surface area (Å²) < 4.78 is 1.98. The quantitative estimate of drug-likeness (QED) is 0.570. The van der Waals surface area contributed by atoms with Gasteiger partial charge < -0.3 is 5.32 Å². The van der Waals surface area contributed by atoms with E-state index in [9.17, 15) is 10.1 Å². The van der Waals surface area contributed by atoms with Gasteiger partial charge in [0.25, 0.3) is 5.69 Å². The van der Waals surface area contributed by atoms with Crippen LogP contribution in [0.15, 0.2) is 51.7 Å². The van der Waals surface area contributed by atoms with Gasteiger partial charge in [-0.3, -0.25) is 10.1 Å². The molecule has 0 spiro atoms. The molecule has 0 aliphatic rings. The average molecular weight is 317 g/mol. The lowest BCUT2D eigenvalue weighted by molar-refractivity contribution is -0.385. The zero-order valence-corrected chi connectivity index (χ0v) is 12.7. The second-order valence-corrected chi connectivity index (χ2v) is 6.62. The van der Waals surface area contributed by atoms with Gasteiger partial charge in [0.05, 0.1) is 15.1 Å². The minimum atomic E-state index is -0.386. The number of rotatable bonds is 4. The van der Waals surface area contributed by atoms with Gasteiger partial charge in [0.2, 0.25) is 0 Å². The van der Waals surface area contributed by atoms with Crippen molar-refractivity contribution in [2.45, 2.75) is 9.24 Å². The van der Waals surface area contributed by atoms with Gasteiger partial charge in [-0.2, -0.15) is 0 Å². The summed E-state index contributed by atoms with van der Waals surface area (Å²) >= 11 is 3.02. The van der Waals surface area contributed by atoms with Gasteiger partial charge in [-0.1, -0.05) is 23.9 Å². The fourth-order valence-corrected chi connectivity index (χ4v) is 4.02. The first-order valence-electron chi connectivity index (χ1n) is 6.16. The average Bonchev–Trinajstić information content (AvgIpc) is 2.88. The summed E-state index contributed by atoms with van der Waals surface area (Å²) in [6.45, 7) is 0. The van der Waals surface area contributed by atoms with E-state index in [1.807, 2.05) is 30.3 Å². The van der Waals surface area contributed by atoms with E-state index in [1.165, 1.54) is 17.8 Å². The summed E-state index contributed by atoms with van der Waals surface area (Å²) in [6, 6.07) is 12.9. The number of nitro groups is 1. The highest BCUT2D eigenvalue weighted by atomic mass is 32.2. The number of nitrogens with one attached hydrogen (secondary N) is 1. The second-order valence-electron chi connectivity index (χ2n) is 4.27. The van der Waals surface area contributed by atoms with Crippen LogP contribution in [-0.4, -0.2) is 17.0 Å². The smallest absolute Gasteiger partial charge is 0.272 e. The third-order valence-corrected chi connectivity index (χ3v) is 4.94. The van der Waals surface area contributed by atoms with E-state index >= 15 is 0 Å². The highest BCUT2D eigenvalue weighted by Gasteiger charge is 2.12. The molecule has 3 rings (SSSR count). The van der Waals surface area contributed by atoms with Crippen molar-refractivity contribution in [1.82, 2.24) is 4.98 Å². The number of anilines is 1. The molecule has 0 saturated carbocycles. The first kappa shape index (κ1) is 13.8. The van der Waals surface area contributed by atoms with Gasteiger partial charge in [-0.05, 0) is 18.2 Å². The van der Waals surface area contributed by atoms with E-state index in [1.54, 1.807) is 24.5 Å². The lowest BCUT2D eigenvalue weighted by atomic mass is 10.3. The number of thiazole rings is 1. The molecule has 0 fully saturated rings. The second kappa shape index (κ2) is 5.71.